The number of nitrogens with zero attached hydrogens (tertiary/aromatic N) is 2. The zero-order chi connectivity index (χ0) is 15.6. The van der Waals surface area contributed by atoms with Crippen molar-refractivity contribution >= 4 is 11.7 Å². The highest BCUT2D eigenvalue weighted by Gasteiger charge is 2.19. The summed E-state index contributed by atoms with van der Waals surface area (Å²) in [6.07, 6.45) is 1.06. The van der Waals surface area contributed by atoms with Gasteiger partial charge in [-0.2, -0.15) is 0 Å². The number of aromatic nitrogens is 1. The van der Waals surface area contributed by atoms with Gasteiger partial charge in [-0.1, -0.05) is 6.07 Å². The molecule has 8 heteroatoms. The van der Waals surface area contributed by atoms with Gasteiger partial charge in [-0.15, -0.1) is 0 Å². The zero-order valence-electron chi connectivity index (χ0n) is 10.9. The van der Waals surface area contributed by atoms with Gasteiger partial charge in [0.25, 0.3) is 5.69 Å². The van der Waals surface area contributed by atoms with Crippen LogP contribution < -0.4 is 4.74 Å². The summed E-state index contributed by atoms with van der Waals surface area (Å²) in [6, 6.07) is 5.06. The third kappa shape index (κ3) is 2.99. The highest BCUT2D eigenvalue weighted by molar-refractivity contribution is 5.87. The summed E-state index contributed by atoms with van der Waals surface area (Å²) in [5, 5.41) is 19.7. The first-order valence-corrected chi connectivity index (χ1v) is 5.82. The predicted octanol–water partition coefficient (Wildman–Crippen LogP) is 2.29. The van der Waals surface area contributed by atoms with E-state index in [1.165, 1.54) is 19.2 Å². The summed E-state index contributed by atoms with van der Waals surface area (Å²) in [6.45, 7) is -0.134. The SMILES string of the molecule is COc1ccc(Cn2cc([N+](=O)[O-])cc2C(=O)O)c(F)c1. The summed E-state index contributed by atoms with van der Waals surface area (Å²) in [5.74, 6) is -1.58. The smallest absolute Gasteiger partial charge is 0.352 e. The number of hydrogen-bond acceptors (Lipinski definition) is 4. The maximum absolute atomic E-state index is 13.8. The van der Waals surface area contributed by atoms with E-state index in [1.54, 1.807) is 0 Å². The highest BCUT2D eigenvalue weighted by atomic mass is 19.1. The number of ether oxygens (including phenoxy) is 1. The minimum atomic E-state index is -1.32. The molecule has 7 nitrogen and oxygen atoms in total. The molecule has 0 saturated heterocycles. The second-order valence-electron chi connectivity index (χ2n) is 4.23. The number of aromatic carboxylic acids is 1. The lowest BCUT2D eigenvalue weighted by Gasteiger charge is -2.08. The Balaban J connectivity index is 2.39. The summed E-state index contributed by atoms with van der Waals surface area (Å²) in [4.78, 5) is 21.1. The van der Waals surface area contributed by atoms with Gasteiger partial charge in [0, 0.05) is 17.7 Å². The van der Waals surface area contributed by atoms with Crippen molar-refractivity contribution in [2.45, 2.75) is 6.54 Å². The fraction of sp³-hybridized carbons (Fsp3) is 0.154. The minimum absolute atomic E-state index is 0.134. The van der Waals surface area contributed by atoms with E-state index in [-0.39, 0.29) is 23.5 Å². The number of carboxylic acids is 1. The molecule has 1 aromatic carbocycles. The van der Waals surface area contributed by atoms with E-state index in [0.717, 1.165) is 22.9 Å². The fourth-order valence-corrected chi connectivity index (χ4v) is 1.87. The minimum Gasteiger partial charge on any atom is -0.497 e. The average molecular weight is 294 g/mol. The lowest BCUT2D eigenvalue weighted by atomic mass is 10.2. The number of rotatable bonds is 5. The van der Waals surface area contributed by atoms with Crippen LogP contribution in [-0.2, 0) is 6.54 Å². The van der Waals surface area contributed by atoms with Crippen LogP contribution in [0.15, 0.2) is 30.5 Å². The van der Waals surface area contributed by atoms with Crippen LogP contribution in [0.1, 0.15) is 16.1 Å². The van der Waals surface area contributed by atoms with Crippen LogP contribution in [-0.4, -0.2) is 27.7 Å². The van der Waals surface area contributed by atoms with Crippen molar-refractivity contribution in [2.24, 2.45) is 0 Å². The summed E-state index contributed by atoms with van der Waals surface area (Å²) >= 11 is 0. The van der Waals surface area contributed by atoms with Crippen molar-refractivity contribution in [3.8, 4) is 5.75 Å². The number of benzene rings is 1. The van der Waals surface area contributed by atoms with Crippen LogP contribution >= 0.6 is 0 Å². The molecule has 0 atom stereocenters. The Morgan fingerprint density at radius 2 is 2.19 bits per heavy atom. The molecule has 21 heavy (non-hydrogen) atoms. The Bertz CT molecular complexity index is 711. The lowest BCUT2D eigenvalue weighted by Crippen LogP contribution is -2.09. The molecule has 1 N–H and O–H groups in total. The van der Waals surface area contributed by atoms with Crippen molar-refractivity contribution in [2.75, 3.05) is 7.11 Å². The van der Waals surface area contributed by atoms with Crippen molar-refractivity contribution in [1.29, 1.82) is 0 Å². The van der Waals surface area contributed by atoms with Crippen LogP contribution in [0.3, 0.4) is 0 Å². The van der Waals surface area contributed by atoms with Crippen molar-refractivity contribution in [3.05, 3.63) is 57.7 Å². The maximum atomic E-state index is 13.8. The van der Waals surface area contributed by atoms with Crippen molar-refractivity contribution in [3.63, 3.8) is 0 Å². The van der Waals surface area contributed by atoms with E-state index in [2.05, 4.69) is 0 Å². The van der Waals surface area contributed by atoms with Gasteiger partial charge >= 0.3 is 5.97 Å². The molecule has 1 heterocycles. The molecule has 2 aromatic rings. The molecule has 0 aliphatic rings. The van der Waals surface area contributed by atoms with E-state index < -0.39 is 16.7 Å². The molecule has 0 spiro atoms. The molecular weight excluding hydrogens is 283 g/mol. The number of halogens is 1. The third-order valence-corrected chi connectivity index (χ3v) is 2.91. The van der Waals surface area contributed by atoms with Crippen LogP contribution in [0.5, 0.6) is 5.75 Å². The molecule has 0 saturated carbocycles. The third-order valence-electron chi connectivity index (χ3n) is 2.91. The quantitative estimate of drug-likeness (QED) is 0.674. The number of hydrogen-bond donors (Lipinski definition) is 1. The molecule has 2 rings (SSSR count). The second kappa shape index (κ2) is 5.61. The van der Waals surface area contributed by atoms with E-state index >= 15 is 0 Å². The van der Waals surface area contributed by atoms with Gasteiger partial charge in [0.05, 0.1) is 24.8 Å². The second-order valence-corrected chi connectivity index (χ2v) is 4.23. The van der Waals surface area contributed by atoms with Crippen molar-refractivity contribution in [1.82, 2.24) is 4.57 Å². The van der Waals surface area contributed by atoms with Gasteiger partial charge in [0.15, 0.2) is 0 Å². The highest BCUT2D eigenvalue weighted by Crippen LogP contribution is 2.21. The van der Waals surface area contributed by atoms with E-state index in [1.807, 2.05) is 0 Å². The Hall–Kier alpha value is -2.90. The summed E-state index contributed by atoms with van der Waals surface area (Å²) in [5.41, 5.74) is -0.443. The topological polar surface area (TPSA) is 94.6 Å². The summed E-state index contributed by atoms with van der Waals surface area (Å²) in [7, 11) is 1.40. The largest absolute Gasteiger partial charge is 0.497 e. The van der Waals surface area contributed by atoms with Gasteiger partial charge in [-0.05, 0) is 6.07 Å². The first kappa shape index (κ1) is 14.5. The predicted molar refractivity (Wildman–Crippen MR) is 70.1 cm³/mol. The number of methoxy groups -OCH3 is 1. The molecule has 1 aromatic heterocycles. The average Bonchev–Trinajstić information content (AvgIpc) is 2.85. The molecule has 0 fully saturated rings. The first-order valence-electron chi connectivity index (χ1n) is 5.82. The van der Waals surface area contributed by atoms with Gasteiger partial charge in [0.1, 0.15) is 17.3 Å². The lowest BCUT2D eigenvalue weighted by molar-refractivity contribution is -0.384. The normalized spacial score (nSPS) is 10.4. The first-order chi connectivity index (χ1) is 9.92. The van der Waals surface area contributed by atoms with Gasteiger partial charge in [0.2, 0.25) is 0 Å². The molecule has 0 aliphatic heterocycles. The molecule has 110 valence electrons. The Morgan fingerprint density at radius 3 is 2.71 bits per heavy atom. The number of carboxylic acid groups (broad SMARTS) is 1. The number of nitro groups is 1. The maximum Gasteiger partial charge on any atom is 0.352 e. The number of carbonyl (C=O) groups is 1. The summed E-state index contributed by atoms with van der Waals surface area (Å²) < 4.78 is 19.8. The van der Waals surface area contributed by atoms with E-state index in [9.17, 15) is 19.3 Å². The Labute approximate surface area is 118 Å². The van der Waals surface area contributed by atoms with Crippen LogP contribution in [0, 0.1) is 15.9 Å². The standard InChI is InChI=1S/C13H11FN2O5/c1-21-10-3-2-8(11(14)5-10)6-15-7-9(16(19)20)4-12(15)13(17)18/h2-5,7H,6H2,1H3,(H,17,18). The van der Waals surface area contributed by atoms with E-state index in [4.69, 9.17) is 9.84 Å². The monoisotopic (exact) mass is 294 g/mol. The van der Waals surface area contributed by atoms with Gasteiger partial charge in [-0.3, -0.25) is 10.1 Å². The Kier molecular flexibility index (Phi) is 3.88. The fourth-order valence-electron chi connectivity index (χ4n) is 1.87. The molecule has 0 amide bonds. The van der Waals surface area contributed by atoms with Crippen molar-refractivity contribution < 1.29 is 24.0 Å². The Morgan fingerprint density at radius 1 is 1.48 bits per heavy atom. The molecular formula is C13H11FN2O5. The molecule has 0 unspecified atom stereocenters. The van der Waals surface area contributed by atoms with Gasteiger partial charge in [-0.25, -0.2) is 9.18 Å². The van der Waals surface area contributed by atoms with Gasteiger partial charge < -0.3 is 14.4 Å². The molecule has 0 bridgehead atoms. The zero-order valence-corrected chi connectivity index (χ0v) is 10.9. The van der Waals surface area contributed by atoms with Crippen LogP contribution in [0.25, 0.3) is 0 Å². The molecule has 0 aliphatic carbocycles. The van der Waals surface area contributed by atoms with E-state index in [0.29, 0.717) is 5.75 Å². The van der Waals surface area contributed by atoms with Crippen LogP contribution in [0.4, 0.5) is 10.1 Å². The molecule has 0 radical (unpaired) electrons. The van der Waals surface area contributed by atoms with Crippen LogP contribution in [0.2, 0.25) is 0 Å².